The van der Waals surface area contributed by atoms with Gasteiger partial charge >= 0.3 is 0 Å². The monoisotopic (exact) mass is 348 g/mol. The van der Waals surface area contributed by atoms with E-state index in [1.54, 1.807) is 0 Å². The summed E-state index contributed by atoms with van der Waals surface area (Å²) in [7, 11) is 0. The largest absolute Gasteiger partial charge is 0.229 e. The number of tetrazole rings is 1. The van der Waals surface area contributed by atoms with Crippen LogP contribution < -0.4 is 0 Å². The van der Waals surface area contributed by atoms with Gasteiger partial charge in [0.2, 0.25) is 0 Å². The normalized spacial score (nSPS) is 16.3. The van der Waals surface area contributed by atoms with Gasteiger partial charge in [0.25, 0.3) is 0 Å². The second-order valence-electron chi connectivity index (χ2n) is 6.03. The topological polar surface area (TPSA) is 43.6 Å². The third-order valence-corrected chi connectivity index (χ3v) is 4.91. The zero-order chi connectivity index (χ0) is 14.7. The minimum atomic E-state index is 0.740. The second kappa shape index (κ2) is 6.69. The number of nitrogens with zero attached hydrogens (tertiary/aromatic N) is 4. The molecule has 1 heterocycles. The van der Waals surface area contributed by atoms with Crippen LogP contribution >= 0.6 is 15.9 Å². The standard InChI is InChI=1S/C16H21BrN4/c1-12-7-8-15(17)9-14(12)10-16-18-19-20-21(16)11-13-5-3-2-4-6-13/h7-9,13H,2-6,10-11H2,1H3. The van der Waals surface area contributed by atoms with Crippen molar-refractivity contribution >= 4 is 15.9 Å². The van der Waals surface area contributed by atoms with E-state index in [0.717, 1.165) is 29.2 Å². The maximum atomic E-state index is 4.23. The van der Waals surface area contributed by atoms with Crippen LogP contribution in [-0.4, -0.2) is 20.2 Å². The highest BCUT2D eigenvalue weighted by molar-refractivity contribution is 9.10. The maximum Gasteiger partial charge on any atom is 0.155 e. The molecule has 1 aromatic carbocycles. The Morgan fingerprint density at radius 1 is 1.24 bits per heavy atom. The minimum Gasteiger partial charge on any atom is -0.229 e. The quantitative estimate of drug-likeness (QED) is 0.840. The van der Waals surface area contributed by atoms with Gasteiger partial charge in [-0.05, 0) is 59.4 Å². The summed E-state index contributed by atoms with van der Waals surface area (Å²) < 4.78 is 3.12. The first-order valence-corrected chi connectivity index (χ1v) is 8.52. The van der Waals surface area contributed by atoms with Gasteiger partial charge < -0.3 is 0 Å². The van der Waals surface area contributed by atoms with Crippen molar-refractivity contribution in [1.82, 2.24) is 20.2 Å². The van der Waals surface area contributed by atoms with Crippen LogP contribution in [0.5, 0.6) is 0 Å². The number of hydrogen-bond acceptors (Lipinski definition) is 3. The SMILES string of the molecule is Cc1ccc(Br)cc1Cc1nnnn1CC1CCCCC1. The van der Waals surface area contributed by atoms with Gasteiger partial charge in [-0.3, -0.25) is 0 Å². The molecule has 0 radical (unpaired) electrons. The Bertz CT molecular complexity index is 602. The molecule has 1 aliphatic rings. The molecule has 1 fully saturated rings. The van der Waals surface area contributed by atoms with Crippen molar-refractivity contribution in [3.8, 4) is 0 Å². The van der Waals surface area contributed by atoms with Gasteiger partial charge in [-0.2, -0.15) is 0 Å². The Labute approximate surface area is 134 Å². The molecule has 3 rings (SSSR count). The molecule has 0 amide bonds. The van der Waals surface area contributed by atoms with Crippen LogP contribution in [-0.2, 0) is 13.0 Å². The minimum absolute atomic E-state index is 0.740. The fourth-order valence-electron chi connectivity index (χ4n) is 3.11. The Morgan fingerprint density at radius 2 is 2.05 bits per heavy atom. The van der Waals surface area contributed by atoms with Gasteiger partial charge in [0, 0.05) is 17.4 Å². The van der Waals surface area contributed by atoms with Gasteiger partial charge in [0.1, 0.15) is 0 Å². The predicted octanol–water partition coefficient (Wildman–Crippen LogP) is 3.92. The smallest absolute Gasteiger partial charge is 0.155 e. The van der Waals surface area contributed by atoms with Crippen molar-refractivity contribution < 1.29 is 0 Å². The third kappa shape index (κ3) is 3.70. The summed E-state index contributed by atoms with van der Waals surface area (Å²) in [5.41, 5.74) is 2.56. The highest BCUT2D eigenvalue weighted by Crippen LogP contribution is 2.25. The summed E-state index contributed by atoms with van der Waals surface area (Å²) in [5, 5.41) is 12.3. The molecule has 0 aliphatic heterocycles. The van der Waals surface area contributed by atoms with Gasteiger partial charge in [-0.1, -0.05) is 41.3 Å². The lowest BCUT2D eigenvalue weighted by Crippen LogP contribution is -2.17. The van der Waals surface area contributed by atoms with Crippen molar-refractivity contribution in [2.75, 3.05) is 0 Å². The lowest BCUT2D eigenvalue weighted by Gasteiger charge is -2.21. The van der Waals surface area contributed by atoms with Crippen LogP contribution in [0.3, 0.4) is 0 Å². The predicted molar refractivity (Wildman–Crippen MR) is 86.1 cm³/mol. The molecule has 0 spiro atoms. The average molecular weight is 349 g/mol. The summed E-state index contributed by atoms with van der Waals surface area (Å²) in [6.07, 6.45) is 7.52. The number of aromatic nitrogens is 4. The van der Waals surface area contributed by atoms with Crippen molar-refractivity contribution in [2.45, 2.75) is 52.0 Å². The molecule has 4 nitrogen and oxygen atoms in total. The van der Waals surface area contributed by atoms with Gasteiger partial charge in [0.05, 0.1) is 0 Å². The molecule has 21 heavy (non-hydrogen) atoms. The van der Waals surface area contributed by atoms with E-state index in [4.69, 9.17) is 0 Å². The lowest BCUT2D eigenvalue weighted by molar-refractivity contribution is 0.302. The molecule has 1 aromatic heterocycles. The molecule has 0 bridgehead atoms. The summed E-state index contributed by atoms with van der Waals surface area (Å²) in [4.78, 5) is 0. The van der Waals surface area contributed by atoms with Gasteiger partial charge in [-0.15, -0.1) is 5.10 Å². The Kier molecular flexibility index (Phi) is 4.68. The molecule has 1 saturated carbocycles. The molecule has 0 atom stereocenters. The number of rotatable bonds is 4. The van der Waals surface area contributed by atoms with Gasteiger partial charge in [-0.25, -0.2) is 4.68 Å². The van der Waals surface area contributed by atoms with E-state index in [2.05, 4.69) is 56.6 Å². The summed E-state index contributed by atoms with van der Waals surface area (Å²) >= 11 is 3.54. The third-order valence-electron chi connectivity index (χ3n) is 4.42. The molecule has 112 valence electrons. The van der Waals surface area contributed by atoms with Crippen LogP contribution in [0, 0.1) is 12.8 Å². The molecule has 5 heteroatoms. The summed E-state index contributed by atoms with van der Waals surface area (Å²) in [6, 6.07) is 6.37. The number of benzene rings is 1. The fourth-order valence-corrected chi connectivity index (χ4v) is 3.52. The molecular formula is C16H21BrN4. The van der Waals surface area contributed by atoms with Crippen molar-refractivity contribution in [3.63, 3.8) is 0 Å². The molecule has 0 N–H and O–H groups in total. The molecule has 1 aliphatic carbocycles. The first kappa shape index (κ1) is 14.7. The number of hydrogen-bond donors (Lipinski definition) is 0. The average Bonchev–Trinajstić information content (AvgIpc) is 2.91. The maximum absolute atomic E-state index is 4.23. The van der Waals surface area contributed by atoms with Crippen molar-refractivity contribution in [1.29, 1.82) is 0 Å². The molecule has 2 aromatic rings. The van der Waals surface area contributed by atoms with Crippen molar-refractivity contribution in [3.05, 3.63) is 39.6 Å². The highest BCUT2D eigenvalue weighted by Gasteiger charge is 2.17. The van der Waals surface area contributed by atoms with Crippen molar-refractivity contribution in [2.24, 2.45) is 5.92 Å². The molecular weight excluding hydrogens is 328 g/mol. The highest BCUT2D eigenvalue weighted by atomic mass is 79.9. The molecule has 0 unspecified atom stereocenters. The zero-order valence-corrected chi connectivity index (χ0v) is 14.0. The van der Waals surface area contributed by atoms with Crippen LogP contribution in [0.1, 0.15) is 49.1 Å². The Balaban J connectivity index is 1.74. The van der Waals surface area contributed by atoms with Gasteiger partial charge in [0.15, 0.2) is 5.82 Å². The van der Waals surface area contributed by atoms with E-state index in [0.29, 0.717) is 0 Å². The van der Waals surface area contributed by atoms with Crippen LogP contribution in [0.2, 0.25) is 0 Å². The summed E-state index contributed by atoms with van der Waals surface area (Å²) in [6.45, 7) is 3.10. The summed E-state index contributed by atoms with van der Waals surface area (Å²) in [5.74, 6) is 1.71. The molecule has 0 saturated heterocycles. The number of aryl methyl sites for hydroxylation is 1. The second-order valence-corrected chi connectivity index (χ2v) is 6.94. The van der Waals surface area contributed by atoms with E-state index >= 15 is 0 Å². The van der Waals surface area contributed by atoms with E-state index in [-0.39, 0.29) is 0 Å². The van der Waals surface area contributed by atoms with E-state index in [1.807, 2.05) is 4.68 Å². The Hall–Kier alpha value is -1.23. The number of halogens is 1. The van der Waals surface area contributed by atoms with E-state index in [1.165, 1.54) is 43.2 Å². The first-order valence-electron chi connectivity index (χ1n) is 7.72. The van der Waals surface area contributed by atoms with Crippen LogP contribution in [0.25, 0.3) is 0 Å². The zero-order valence-electron chi connectivity index (χ0n) is 12.4. The van der Waals surface area contributed by atoms with Crippen LogP contribution in [0.15, 0.2) is 22.7 Å². The van der Waals surface area contributed by atoms with Crippen LogP contribution in [0.4, 0.5) is 0 Å². The Morgan fingerprint density at radius 3 is 2.86 bits per heavy atom. The van der Waals surface area contributed by atoms with E-state index in [9.17, 15) is 0 Å². The fraction of sp³-hybridized carbons (Fsp3) is 0.562. The lowest BCUT2D eigenvalue weighted by atomic mass is 9.89. The first-order chi connectivity index (χ1) is 10.2. The van der Waals surface area contributed by atoms with E-state index < -0.39 is 0 Å².